The van der Waals surface area contributed by atoms with Crippen LogP contribution in [-0.2, 0) is 12.8 Å². The zero-order valence-corrected chi connectivity index (χ0v) is 14.3. The van der Waals surface area contributed by atoms with Crippen LogP contribution in [0.25, 0.3) is 0 Å². The number of ether oxygens (including phenoxy) is 1. The number of hydrogen-bond acceptors (Lipinski definition) is 5. The number of rotatable bonds is 6. The Labute approximate surface area is 145 Å². The van der Waals surface area contributed by atoms with Crippen LogP contribution in [0.3, 0.4) is 0 Å². The zero-order chi connectivity index (χ0) is 18.0. The third-order valence-corrected chi connectivity index (χ3v) is 4.74. The average molecular weight is 343 g/mol. The third kappa shape index (κ3) is 3.55. The van der Waals surface area contributed by atoms with Crippen LogP contribution in [0.1, 0.15) is 48.4 Å². The van der Waals surface area contributed by atoms with Crippen LogP contribution in [0, 0.1) is 16.0 Å². The topological polar surface area (TPSA) is 98.1 Å². The first kappa shape index (κ1) is 17.1. The van der Waals surface area contributed by atoms with Gasteiger partial charge in [-0.05, 0) is 37.8 Å². The van der Waals surface area contributed by atoms with Gasteiger partial charge in [0.05, 0.1) is 11.0 Å². The fourth-order valence-electron chi connectivity index (χ4n) is 3.18. The Balaban J connectivity index is 1.84. The molecule has 0 bridgehead atoms. The van der Waals surface area contributed by atoms with Crippen molar-refractivity contribution in [2.45, 2.75) is 45.6 Å². The van der Waals surface area contributed by atoms with E-state index in [-0.39, 0.29) is 29.2 Å². The van der Waals surface area contributed by atoms with Crippen LogP contribution >= 0.6 is 0 Å². The van der Waals surface area contributed by atoms with Crippen molar-refractivity contribution in [3.8, 4) is 5.75 Å². The van der Waals surface area contributed by atoms with E-state index in [1.54, 1.807) is 24.5 Å². The van der Waals surface area contributed by atoms with Gasteiger partial charge < -0.3 is 9.72 Å². The molecule has 1 aromatic carbocycles. The summed E-state index contributed by atoms with van der Waals surface area (Å²) in [6.07, 6.45) is 5.52. The molecule has 0 saturated heterocycles. The van der Waals surface area contributed by atoms with Crippen LogP contribution < -0.4 is 4.74 Å². The van der Waals surface area contributed by atoms with Gasteiger partial charge in [0.25, 0.3) is 0 Å². The van der Waals surface area contributed by atoms with Gasteiger partial charge in [-0.15, -0.1) is 0 Å². The number of nitrogens with zero attached hydrogens (tertiary/aromatic N) is 2. The highest BCUT2D eigenvalue weighted by Gasteiger charge is 2.30. The van der Waals surface area contributed by atoms with Crippen LogP contribution in [0.5, 0.6) is 5.75 Å². The standard InChI is InChI=1S/C18H21N3O4/c1-11(10-17-19-8-9-20-17)12(2)25-16-7-6-13-14(18(16)21(23)24)4-3-5-15(13)22/h6-9,11-12H,3-5,10H2,1-2H3,(H,19,20). The maximum atomic E-state index is 12.0. The van der Waals surface area contributed by atoms with Gasteiger partial charge in [-0.25, -0.2) is 4.98 Å². The molecule has 25 heavy (non-hydrogen) atoms. The SMILES string of the molecule is CC(Cc1ncc[nH]1)C(C)Oc1ccc2c(c1[N+](=O)[O-])CCCC2=O. The molecule has 1 aliphatic carbocycles. The smallest absolute Gasteiger partial charge is 0.314 e. The van der Waals surface area contributed by atoms with E-state index in [1.807, 2.05) is 13.8 Å². The Hall–Kier alpha value is -2.70. The summed E-state index contributed by atoms with van der Waals surface area (Å²) in [4.78, 5) is 30.4. The minimum atomic E-state index is -0.434. The number of Topliss-reactive ketones (excluding diaryl/α,β-unsaturated/α-hetero) is 1. The number of nitro benzene ring substituents is 1. The molecule has 7 nitrogen and oxygen atoms in total. The van der Waals surface area contributed by atoms with Crippen molar-refractivity contribution < 1.29 is 14.5 Å². The van der Waals surface area contributed by atoms with Gasteiger partial charge in [0, 0.05) is 36.4 Å². The number of benzene rings is 1. The van der Waals surface area contributed by atoms with E-state index in [0.29, 0.717) is 36.8 Å². The molecule has 0 spiro atoms. The van der Waals surface area contributed by atoms with Crippen molar-refractivity contribution in [1.29, 1.82) is 0 Å². The Bertz CT molecular complexity index is 786. The number of carbonyl (C=O) groups excluding carboxylic acids is 1. The minimum Gasteiger partial charge on any atom is -0.483 e. The average Bonchev–Trinajstić information content (AvgIpc) is 3.07. The summed E-state index contributed by atoms with van der Waals surface area (Å²) in [6, 6.07) is 3.21. The molecular weight excluding hydrogens is 322 g/mol. The molecule has 0 saturated carbocycles. The summed E-state index contributed by atoms with van der Waals surface area (Å²) in [5, 5.41) is 11.6. The van der Waals surface area contributed by atoms with Crippen molar-refractivity contribution in [2.24, 2.45) is 5.92 Å². The van der Waals surface area contributed by atoms with E-state index in [0.717, 1.165) is 5.82 Å². The van der Waals surface area contributed by atoms with Gasteiger partial charge in [0.2, 0.25) is 0 Å². The summed E-state index contributed by atoms with van der Waals surface area (Å²) in [5.74, 6) is 1.17. The van der Waals surface area contributed by atoms with E-state index in [9.17, 15) is 14.9 Å². The number of aromatic amines is 1. The number of H-pyrrole nitrogens is 1. The lowest BCUT2D eigenvalue weighted by atomic mass is 9.89. The van der Waals surface area contributed by atoms with Gasteiger partial charge in [0.15, 0.2) is 11.5 Å². The Kier molecular flexibility index (Phi) is 4.83. The number of imidazole rings is 1. The molecule has 1 heterocycles. The van der Waals surface area contributed by atoms with Crippen LogP contribution in [0.4, 0.5) is 5.69 Å². The molecule has 2 aromatic rings. The summed E-state index contributed by atoms with van der Waals surface area (Å²) in [6.45, 7) is 3.91. The van der Waals surface area contributed by atoms with E-state index in [2.05, 4.69) is 9.97 Å². The van der Waals surface area contributed by atoms with Gasteiger partial charge in [-0.1, -0.05) is 6.92 Å². The fraction of sp³-hybridized carbons (Fsp3) is 0.444. The maximum absolute atomic E-state index is 12.0. The third-order valence-electron chi connectivity index (χ3n) is 4.74. The predicted molar refractivity (Wildman–Crippen MR) is 91.9 cm³/mol. The van der Waals surface area contributed by atoms with E-state index >= 15 is 0 Å². The molecule has 2 unspecified atom stereocenters. The summed E-state index contributed by atoms with van der Waals surface area (Å²) in [5.41, 5.74) is 0.897. The number of fused-ring (bicyclic) bond motifs is 1. The van der Waals surface area contributed by atoms with Crippen molar-refractivity contribution >= 4 is 11.5 Å². The number of nitro groups is 1. The zero-order valence-electron chi connectivity index (χ0n) is 14.3. The van der Waals surface area contributed by atoms with E-state index in [4.69, 9.17) is 4.74 Å². The molecular formula is C18H21N3O4. The largest absolute Gasteiger partial charge is 0.483 e. The fourth-order valence-corrected chi connectivity index (χ4v) is 3.18. The lowest BCUT2D eigenvalue weighted by Gasteiger charge is -2.22. The lowest BCUT2D eigenvalue weighted by Crippen LogP contribution is -2.24. The highest BCUT2D eigenvalue weighted by Crippen LogP contribution is 2.38. The van der Waals surface area contributed by atoms with Gasteiger partial charge in [-0.3, -0.25) is 14.9 Å². The molecule has 2 atom stereocenters. The van der Waals surface area contributed by atoms with Crippen LogP contribution in [0.2, 0.25) is 0 Å². The molecule has 7 heteroatoms. The normalized spacial score (nSPS) is 16.2. The molecule has 0 aliphatic heterocycles. The first-order valence-electron chi connectivity index (χ1n) is 8.45. The summed E-state index contributed by atoms with van der Waals surface area (Å²) >= 11 is 0. The lowest BCUT2D eigenvalue weighted by molar-refractivity contribution is -0.386. The second-order valence-electron chi connectivity index (χ2n) is 6.51. The first-order chi connectivity index (χ1) is 12.0. The molecule has 1 aliphatic rings. The predicted octanol–water partition coefficient (Wildman–Crippen LogP) is 3.48. The van der Waals surface area contributed by atoms with Gasteiger partial charge >= 0.3 is 5.69 Å². The van der Waals surface area contributed by atoms with E-state index < -0.39 is 4.92 Å². The quantitative estimate of drug-likeness (QED) is 0.639. The highest BCUT2D eigenvalue weighted by molar-refractivity contribution is 5.99. The molecule has 1 N–H and O–H groups in total. The molecule has 0 fully saturated rings. The first-order valence-corrected chi connectivity index (χ1v) is 8.45. The van der Waals surface area contributed by atoms with Crippen molar-refractivity contribution in [3.05, 3.63) is 51.6 Å². The van der Waals surface area contributed by atoms with Crippen molar-refractivity contribution in [1.82, 2.24) is 9.97 Å². The monoisotopic (exact) mass is 343 g/mol. The highest BCUT2D eigenvalue weighted by atomic mass is 16.6. The Morgan fingerprint density at radius 2 is 2.16 bits per heavy atom. The Morgan fingerprint density at radius 3 is 2.84 bits per heavy atom. The number of ketones is 1. The molecule has 3 rings (SSSR count). The van der Waals surface area contributed by atoms with Gasteiger partial charge in [-0.2, -0.15) is 0 Å². The van der Waals surface area contributed by atoms with Gasteiger partial charge in [0.1, 0.15) is 5.82 Å². The second-order valence-corrected chi connectivity index (χ2v) is 6.51. The molecule has 0 amide bonds. The van der Waals surface area contributed by atoms with Crippen molar-refractivity contribution in [3.63, 3.8) is 0 Å². The number of nitrogens with one attached hydrogen (secondary N) is 1. The van der Waals surface area contributed by atoms with Crippen LogP contribution in [0.15, 0.2) is 24.5 Å². The maximum Gasteiger partial charge on any atom is 0.314 e. The van der Waals surface area contributed by atoms with Crippen LogP contribution in [-0.4, -0.2) is 26.8 Å². The number of hydrogen-bond donors (Lipinski definition) is 1. The molecule has 132 valence electrons. The van der Waals surface area contributed by atoms with E-state index in [1.165, 1.54) is 0 Å². The second kappa shape index (κ2) is 7.04. The Morgan fingerprint density at radius 1 is 1.36 bits per heavy atom. The summed E-state index contributed by atoms with van der Waals surface area (Å²) in [7, 11) is 0. The summed E-state index contributed by atoms with van der Waals surface area (Å²) < 4.78 is 5.92. The number of carbonyl (C=O) groups is 1. The molecule has 0 radical (unpaired) electrons. The minimum absolute atomic E-state index is 0.0323. The molecule has 1 aromatic heterocycles. The van der Waals surface area contributed by atoms with Crippen molar-refractivity contribution in [2.75, 3.05) is 0 Å². The number of aromatic nitrogens is 2.